The summed E-state index contributed by atoms with van der Waals surface area (Å²) in [7, 11) is 0. The van der Waals surface area contributed by atoms with Crippen molar-refractivity contribution < 1.29 is 4.74 Å². The minimum Gasteiger partial charge on any atom is -0.380 e. The van der Waals surface area contributed by atoms with Gasteiger partial charge in [0.25, 0.3) is 0 Å². The Morgan fingerprint density at radius 2 is 1.56 bits per heavy atom. The molecule has 0 bridgehead atoms. The number of benzene rings is 1. The standard InChI is InChI=1S/C14H19NO/c1-13-8-15(12-6-4-3-5-7-12)9-14(13,2)11-16-10-13/h3-7H,8-11H2,1-2H3/t13-,14+. The smallest absolute Gasteiger partial charge is 0.0543 e. The highest BCUT2D eigenvalue weighted by Gasteiger charge is 2.55. The maximum absolute atomic E-state index is 5.68. The van der Waals surface area contributed by atoms with Gasteiger partial charge in [0, 0.05) is 29.6 Å². The lowest BCUT2D eigenvalue weighted by Crippen LogP contribution is -2.34. The second-order valence-electron chi connectivity index (χ2n) is 5.81. The maximum Gasteiger partial charge on any atom is 0.0543 e. The molecule has 0 radical (unpaired) electrons. The largest absolute Gasteiger partial charge is 0.380 e. The predicted molar refractivity (Wildman–Crippen MR) is 65.7 cm³/mol. The van der Waals surface area contributed by atoms with E-state index < -0.39 is 0 Å². The van der Waals surface area contributed by atoms with Crippen LogP contribution >= 0.6 is 0 Å². The van der Waals surface area contributed by atoms with Gasteiger partial charge in [-0.2, -0.15) is 0 Å². The zero-order valence-corrected chi connectivity index (χ0v) is 10.1. The maximum atomic E-state index is 5.68. The van der Waals surface area contributed by atoms with E-state index in [4.69, 9.17) is 4.74 Å². The number of nitrogens with zero attached hydrogens (tertiary/aromatic N) is 1. The summed E-state index contributed by atoms with van der Waals surface area (Å²) in [5, 5.41) is 0. The van der Waals surface area contributed by atoms with Crippen molar-refractivity contribution in [3.05, 3.63) is 30.3 Å². The second kappa shape index (κ2) is 3.24. The molecule has 2 fully saturated rings. The average Bonchev–Trinajstić information content (AvgIpc) is 2.68. The van der Waals surface area contributed by atoms with Gasteiger partial charge in [-0.3, -0.25) is 0 Å². The van der Waals surface area contributed by atoms with Crippen LogP contribution in [0.15, 0.2) is 30.3 Å². The summed E-state index contributed by atoms with van der Waals surface area (Å²) in [5.74, 6) is 0. The van der Waals surface area contributed by atoms with Gasteiger partial charge < -0.3 is 9.64 Å². The molecule has 3 rings (SSSR count). The summed E-state index contributed by atoms with van der Waals surface area (Å²) >= 11 is 0. The number of ether oxygens (including phenoxy) is 1. The van der Waals surface area contributed by atoms with Crippen LogP contribution in [-0.4, -0.2) is 26.3 Å². The molecule has 0 aromatic heterocycles. The summed E-state index contributed by atoms with van der Waals surface area (Å²) in [6.45, 7) is 8.78. The van der Waals surface area contributed by atoms with E-state index in [-0.39, 0.29) is 0 Å². The lowest BCUT2D eigenvalue weighted by atomic mass is 9.71. The number of fused-ring (bicyclic) bond motifs is 1. The Bertz CT molecular complexity index is 373. The molecule has 0 saturated carbocycles. The molecular weight excluding hydrogens is 198 g/mol. The highest BCUT2D eigenvalue weighted by Crippen LogP contribution is 2.51. The van der Waals surface area contributed by atoms with E-state index in [1.165, 1.54) is 5.69 Å². The Labute approximate surface area is 97.2 Å². The molecule has 0 amide bonds. The fourth-order valence-corrected chi connectivity index (χ4v) is 3.04. The summed E-state index contributed by atoms with van der Waals surface area (Å²) in [5.41, 5.74) is 1.99. The van der Waals surface area contributed by atoms with Crippen molar-refractivity contribution >= 4 is 5.69 Å². The molecule has 0 N–H and O–H groups in total. The molecule has 2 heterocycles. The Morgan fingerprint density at radius 3 is 2.12 bits per heavy atom. The predicted octanol–water partition coefficient (Wildman–Crippen LogP) is 2.55. The molecule has 0 spiro atoms. The van der Waals surface area contributed by atoms with Crippen LogP contribution in [0, 0.1) is 10.8 Å². The highest BCUT2D eigenvalue weighted by molar-refractivity contribution is 5.48. The molecule has 2 aliphatic rings. The van der Waals surface area contributed by atoms with E-state index in [2.05, 4.69) is 49.1 Å². The van der Waals surface area contributed by atoms with E-state index in [1.807, 2.05) is 0 Å². The minimum absolute atomic E-state index is 0.322. The quantitative estimate of drug-likeness (QED) is 0.717. The number of rotatable bonds is 1. The minimum atomic E-state index is 0.322. The van der Waals surface area contributed by atoms with Gasteiger partial charge in [-0.1, -0.05) is 32.0 Å². The van der Waals surface area contributed by atoms with Gasteiger partial charge >= 0.3 is 0 Å². The average molecular weight is 217 g/mol. The Balaban J connectivity index is 1.89. The molecule has 2 atom stereocenters. The fraction of sp³-hybridized carbons (Fsp3) is 0.571. The Hall–Kier alpha value is -1.02. The molecule has 2 nitrogen and oxygen atoms in total. The van der Waals surface area contributed by atoms with Crippen molar-refractivity contribution in [2.24, 2.45) is 10.8 Å². The van der Waals surface area contributed by atoms with Crippen molar-refractivity contribution in [2.75, 3.05) is 31.2 Å². The van der Waals surface area contributed by atoms with Gasteiger partial charge in [-0.25, -0.2) is 0 Å². The SMILES string of the molecule is C[C@@]12COC[C@]1(C)CN(c1ccccc1)C2. The van der Waals surface area contributed by atoms with Crippen molar-refractivity contribution in [3.63, 3.8) is 0 Å². The first-order chi connectivity index (χ1) is 7.63. The summed E-state index contributed by atoms with van der Waals surface area (Å²) in [6, 6.07) is 10.7. The monoisotopic (exact) mass is 217 g/mol. The Morgan fingerprint density at radius 1 is 1.00 bits per heavy atom. The normalized spacial score (nSPS) is 37.8. The third kappa shape index (κ3) is 1.29. The van der Waals surface area contributed by atoms with Gasteiger partial charge in [0.1, 0.15) is 0 Å². The van der Waals surface area contributed by atoms with E-state index in [9.17, 15) is 0 Å². The molecule has 0 aliphatic carbocycles. The van der Waals surface area contributed by atoms with Crippen molar-refractivity contribution in [2.45, 2.75) is 13.8 Å². The van der Waals surface area contributed by atoms with Gasteiger partial charge in [-0.15, -0.1) is 0 Å². The van der Waals surface area contributed by atoms with Crippen LogP contribution in [0.4, 0.5) is 5.69 Å². The third-order valence-corrected chi connectivity index (χ3v) is 4.50. The summed E-state index contributed by atoms with van der Waals surface area (Å²) in [6.07, 6.45) is 0. The van der Waals surface area contributed by atoms with Crippen molar-refractivity contribution in [1.82, 2.24) is 0 Å². The van der Waals surface area contributed by atoms with Crippen molar-refractivity contribution in [3.8, 4) is 0 Å². The molecule has 1 aromatic rings. The first kappa shape index (κ1) is 10.2. The van der Waals surface area contributed by atoms with Crippen LogP contribution in [0.1, 0.15) is 13.8 Å². The molecule has 2 saturated heterocycles. The van der Waals surface area contributed by atoms with Crippen LogP contribution in [0.25, 0.3) is 0 Å². The number of para-hydroxylation sites is 1. The number of hydrogen-bond acceptors (Lipinski definition) is 2. The van der Waals surface area contributed by atoms with Gasteiger partial charge in [0.2, 0.25) is 0 Å². The molecular formula is C14H19NO. The summed E-state index contributed by atoms with van der Waals surface area (Å²) in [4.78, 5) is 2.50. The zero-order valence-electron chi connectivity index (χ0n) is 10.1. The molecule has 1 aromatic carbocycles. The second-order valence-corrected chi connectivity index (χ2v) is 5.81. The molecule has 2 aliphatic heterocycles. The van der Waals surface area contributed by atoms with E-state index >= 15 is 0 Å². The van der Waals surface area contributed by atoms with Crippen LogP contribution in [0.5, 0.6) is 0 Å². The lowest BCUT2D eigenvalue weighted by Gasteiger charge is -2.29. The van der Waals surface area contributed by atoms with Crippen molar-refractivity contribution in [1.29, 1.82) is 0 Å². The van der Waals surface area contributed by atoms with Crippen LogP contribution in [0.2, 0.25) is 0 Å². The summed E-state index contributed by atoms with van der Waals surface area (Å²) < 4.78 is 5.68. The van der Waals surface area contributed by atoms with E-state index in [1.54, 1.807) is 0 Å². The first-order valence-electron chi connectivity index (χ1n) is 6.01. The van der Waals surface area contributed by atoms with Crippen LogP contribution < -0.4 is 4.90 Å². The zero-order chi connectivity index (χ0) is 11.2. The molecule has 86 valence electrons. The molecule has 0 unspecified atom stereocenters. The van der Waals surface area contributed by atoms with E-state index in [0.29, 0.717) is 10.8 Å². The highest BCUT2D eigenvalue weighted by atomic mass is 16.5. The lowest BCUT2D eigenvalue weighted by molar-refractivity contribution is 0.158. The molecule has 16 heavy (non-hydrogen) atoms. The van der Waals surface area contributed by atoms with Gasteiger partial charge in [0.05, 0.1) is 13.2 Å². The first-order valence-corrected chi connectivity index (χ1v) is 6.01. The Kier molecular flexibility index (Phi) is 2.05. The van der Waals surface area contributed by atoms with Gasteiger partial charge in [-0.05, 0) is 12.1 Å². The number of hydrogen-bond donors (Lipinski definition) is 0. The third-order valence-electron chi connectivity index (χ3n) is 4.50. The van der Waals surface area contributed by atoms with Crippen LogP contribution in [0.3, 0.4) is 0 Å². The van der Waals surface area contributed by atoms with Crippen LogP contribution in [-0.2, 0) is 4.74 Å². The fourth-order valence-electron chi connectivity index (χ4n) is 3.04. The molecule has 2 heteroatoms. The topological polar surface area (TPSA) is 12.5 Å². The number of anilines is 1. The van der Waals surface area contributed by atoms with E-state index in [0.717, 1.165) is 26.3 Å². The van der Waals surface area contributed by atoms with Gasteiger partial charge in [0.15, 0.2) is 0 Å².